The third-order valence-electron chi connectivity index (χ3n) is 5.60. The summed E-state index contributed by atoms with van der Waals surface area (Å²) in [5.41, 5.74) is 3.11. The van der Waals surface area contributed by atoms with Gasteiger partial charge in [-0.25, -0.2) is 0 Å². The van der Waals surface area contributed by atoms with Crippen molar-refractivity contribution in [2.45, 2.75) is 13.5 Å². The van der Waals surface area contributed by atoms with Gasteiger partial charge in [0.2, 0.25) is 0 Å². The molecule has 0 unspecified atom stereocenters. The molecule has 3 amide bonds. The third-order valence-corrected chi connectivity index (χ3v) is 5.60. The van der Waals surface area contributed by atoms with Crippen LogP contribution in [0.4, 0.5) is 0 Å². The van der Waals surface area contributed by atoms with Crippen LogP contribution in [0.25, 0.3) is 11.6 Å². The van der Waals surface area contributed by atoms with Crippen LogP contribution >= 0.6 is 0 Å². The predicted molar refractivity (Wildman–Crippen MR) is 133 cm³/mol. The summed E-state index contributed by atoms with van der Waals surface area (Å²) in [6.45, 7) is 2.47. The summed E-state index contributed by atoms with van der Waals surface area (Å²) in [7, 11) is 1.59. The molecular formula is C28H26N2O5. The van der Waals surface area contributed by atoms with Crippen LogP contribution in [0.3, 0.4) is 0 Å². The van der Waals surface area contributed by atoms with E-state index in [1.807, 2.05) is 25.1 Å². The maximum Gasteiger partial charge on any atom is 0.261 e. The van der Waals surface area contributed by atoms with E-state index in [9.17, 15) is 14.4 Å². The summed E-state index contributed by atoms with van der Waals surface area (Å²) in [5, 5.41) is 2.68. The van der Waals surface area contributed by atoms with Gasteiger partial charge in [0.25, 0.3) is 17.7 Å². The Morgan fingerprint density at radius 3 is 2.20 bits per heavy atom. The molecule has 0 atom stereocenters. The number of nitrogens with zero attached hydrogens (tertiary/aromatic N) is 1. The van der Waals surface area contributed by atoms with E-state index in [1.54, 1.807) is 67.8 Å². The first-order valence-corrected chi connectivity index (χ1v) is 11.3. The molecule has 0 saturated carbocycles. The monoisotopic (exact) mass is 470 g/mol. The van der Waals surface area contributed by atoms with Gasteiger partial charge in [-0.15, -0.1) is 0 Å². The second-order valence-corrected chi connectivity index (χ2v) is 7.96. The van der Waals surface area contributed by atoms with E-state index < -0.39 is 0 Å². The van der Waals surface area contributed by atoms with E-state index in [-0.39, 0.29) is 30.9 Å². The van der Waals surface area contributed by atoms with Crippen molar-refractivity contribution in [1.82, 2.24) is 10.2 Å². The van der Waals surface area contributed by atoms with Crippen molar-refractivity contribution in [3.63, 3.8) is 0 Å². The van der Waals surface area contributed by atoms with Crippen LogP contribution in [0, 0.1) is 0 Å². The molecule has 1 aliphatic rings. The number of hydrogen-bond acceptors (Lipinski definition) is 5. The first-order valence-electron chi connectivity index (χ1n) is 11.3. The van der Waals surface area contributed by atoms with Crippen molar-refractivity contribution in [2.24, 2.45) is 0 Å². The number of ether oxygens (including phenoxy) is 2. The van der Waals surface area contributed by atoms with Gasteiger partial charge in [-0.2, -0.15) is 0 Å². The van der Waals surface area contributed by atoms with Crippen LogP contribution in [0.1, 0.15) is 34.0 Å². The maximum atomic E-state index is 13.5. The Morgan fingerprint density at radius 1 is 0.886 bits per heavy atom. The fourth-order valence-corrected chi connectivity index (χ4v) is 3.82. The number of methoxy groups -OCH3 is 1. The van der Waals surface area contributed by atoms with Gasteiger partial charge in [-0.05, 0) is 60.0 Å². The Kier molecular flexibility index (Phi) is 7.26. The van der Waals surface area contributed by atoms with Gasteiger partial charge in [0, 0.05) is 17.7 Å². The summed E-state index contributed by atoms with van der Waals surface area (Å²) in [5.74, 6) is 0.373. The SMILES string of the molecule is CCNC(=O)COc1ccc(/C=C2\C(=O)N(Cc3ccc(OC)cc3)C(=O)c3ccccc32)cc1. The summed E-state index contributed by atoms with van der Waals surface area (Å²) >= 11 is 0. The normalized spacial score (nSPS) is 14.0. The van der Waals surface area contributed by atoms with Gasteiger partial charge >= 0.3 is 0 Å². The molecule has 178 valence electrons. The number of carbonyl (C=O) groups excluding carboxylic acids is 3. The molecule has 7 nitrogen and oxygen atoms in total. The maximum absolute atomic E-state index is 13.5. The molecular weight excluding hydrogens is 444 g/mol. The highest BCUT2D eigenvalue weighted by molar-refractivity contribution is 6.33. The van der Waals surface area contributed by atoms with E-state index >= 15 is 0 Å². The lowest BCUT2D eigenvalue weighted by atomic mass is 9.91. The number of benzene rings is 3. The van der Waals surface area contributed by atoms with E-state index in [0.29, 0.717) is 34.7 Å². The zero-order valence-electron chi connectivity index (χ0n) is 19.6. The second-order valence-electron chi connectivity index (χ2n) is 7.96. The standard InChI is InChI=1S/C28H26N2O5/c1-3-29-26(31)18-35-22-14-8-19(9-15-22)16-25-23-6-4-5-7-24(23)27(32)30(28(25)33)17-20-10-12-21(34-2)13-11-20/h4-16H,3,17-18H2,1-2H3,(H,29,31)/b25-16-. The van der Waals surface area contributed by atoms with E-state index in [0.717, 1.165) is 11.1 Å². The van der Waals surface area contributed by atoms with Crippen molar-refractivity contribution >= 4 is 29.4 Å². The number of hydrogen-bond donors (Lipinski definition) is 1. The molecule has 0 aromatic heterocycles. The number of likely N-dealkylation sites (N-methyl/N-ethyl adjacent to an activating group) is 1. The average Bonchev–Trinajstić information content (AvgIpc) is 2.89. The molecule has 1 heterocycles. The molecule has 1 aliphatic heterocycles. The highest BCUT2D eigenvalue weighted by atomic mass is 16.5. The topological polar surface area (TPSA) is 84.9 Å². The van der Waals surface area contributed by atoms with Crippen LogP contribution in [0.5, 0.6) is 11.5 Å². The minimum absolute atomic E-state index is 0.0669. The largest absolute Gasteiger partial charge is 0.497 e. The zero-order valence-corrected chi connectivity index (χ0v) is 19.6. The van der Waals surface area contributed by atoms with Crippen molar-refractivity contribution < 1.29 is 23.9 Å². The van der Waals surface area contributed by atoms with Crippen molar-refractivity contribution in [3.8, 4) is 11.5 Å². The molecule has 3 aromatic rings. The molecule has 0 aliphatic carbocycles. The Hall–Kier alpha value is -4.39. The minimum Gasteiger partial charge on any atom is -0.497 e. The Morgan fingerprint density at radius 2 is 1.54 bits per heavy atom. The number of imide groups is 1. The molecule has 0 bridgehead atoms. The molecule has 4 rings (SSSR count). The summed E-state index contributed by atoms with van der Waals surface area (Å²) in [6.07, 6.45) is 1.77. The van der Waals surface area contributed by atoms with Crippen molar-refractivity contribution in [3.05, 3.63) is 95.1 Å². The third kappa shape index (κ3) is 5.41. The Labute approximate surface area is 204 Å². The first kappa shape index (κ1) is 23.8. The Bertz CT molecular complexity index is 1260. The Balaban J connectivity index is 1.60. The fraction of sp³-hybridized carbons (Fsp3) is 0.179. The molecule has 0 saturated heterocycles. The fourth-order valence-electron chi connectivity index (χ4n) is 3.82. The summed E-state index contributed by atoms with van der Waals surface area (Å²) in [4.78, 5) is 39.5. The quantitative estimate of drug-likeness (QED) is 0.398. The highest BCUT2D eigenvalue weighted by Crippen LogP contribution is 2.31. The van der Waals surface area contributed by atoms with Gasteiger partial charge in [0.1, 0.15) is 11.5 Å². The molecule has 0 radical (unpaired) electrons. The molecule has 35 heavy (non-hydrogen) atoms. The number of nitrogens with one attached hydrogen (secondary N) is 1. The predicted octanol–water partition coefficient (Wildman–Crippen LogP) is 3.93. The summed E-state index contributed by atoms with van der Waals surface area (Å²) in [6, 6.07) is 21.5. The molecule has 1 N–H and O–H groups in total. The lowest BCUT2D eigenvalue weighted by Gasteiger charge is -2.28. The van der Waals surface area contributed by atoms with Crippen LogP contribution in [0.2, 0.25) is 0 Å². The van der Waals surface area contributed by atoms with Gasteiger partial charge in [0.15, 0.2) is 6.61 Å². The van der Waals surface area contributed by atoms with E-state index in [4.69, 9.17) is 9.47 Å². The van der Waals surface area contributed by atoms with Gasteiger partial charge < -0.3 is 14.8 Å². The smallest absolute Gasteiger partial charge is 0.261 e. The lowest BCUT2D eigenvalue weighted by molar-refractivity contribution is -0.124. The van der Waals surface area contributed by atoms with E-state index in [2.05, 4.69) is 5.32 Å². The highest BCUT2D eigenvalue weighted by Gasteiger charge is 2.34. The number of amides is 3. The molecule has 0 fully saturated rings. The number of rotatable bonds is 8. The second kappa shape index (κ2) is 10.7. The van der Waals surface area contributed by atoms with Crippen molar-refractivity contribution in [2.75, 3.05) is 20.3 Å². The van der Waals surface area contributed by atoms with Crippen molar-refractivity contribution in [1.29, 1.82) is 0 Å². The van der Waals surface area contributed by atoms with Gasteiger partial charge in [-0.3, -0.25) is 19.3 Å². The average molecular weight is 471 g/mol. The summed E-state index contributed by atoms with van der Waals surface area (Å²) < 4.78 is 10.7. The van der Waals surface area contributed by atoms with Crippen LogP contribution in [-0.2, 0) is 16.1 Å². The zero-order chi connectivity index (χ0) is 24.8. The molecule has 7 heteroatoms. The number of carbonyl (C=O) groups is 3. The first-order chi connectivity index (χ1) is 17.0. The van der Waals surface area contributed by atoms with Gasteiger partial charge in [-0.1, -0.05) is 42.5 Å². The van der Waals surface area contributed by atoms with Crippen LogP contribution in [-0.4, -0.2) is 42.9 Å². The lowest BCUT2D eigenvalue weighted by Crippen LogP contribution is -2.41. The van der Waals surface area contributed by atoms with Crippen LogP contribution in [0.15, 0.2) is 72.8 Å². The molecule has 0 spiro atoms. The minimum atomic E-state index is -0.360. The van der Waals surface area contributed by atoms with Crippen LogP contribution < -0.4 is 14.8 Å². The molecule has 3 aromatic carbocycles. The van der Waals surface area contributed by atoms with E-state index in [1.165, 1.54) is 4.90 Å². The van der Waals surface area contributed by atoms with Gasteiger partial charge in [0.05, 0.1) is 13.7 Å². The number of fused-ring (bicyclic) bond motifs is 1.